The number of rotatable bonds is 5. The molecular formula is C12H17Cl2NO2S. The minimum atomic E-state index is -3.36. The Hall–Kier alpha value is -0.290. The van der Waals surface area contributed by atoms with Crippen molar-refractivity contribution in [1.82, 2.24) is 4.72 Å². The van der Waals surface area contributed by atoms with Gasteiger partial charge in [-0.05, 0) is 30.5 Å². The molecular weight excluding hydrogens is 293 g/mol. The van der Waals surface area contributed by atoms with Gasteiger partial charge in [0.25, 0.3) is 0 Å². The summed E-state index contributed by atoms with van der Waals surface area (Å²) in [7, 11) is -3.36. The summed E-state index contributed by atoms with van der Waals surface area (Å²) in [4.78, 5) is 0. The number of halogens is 2. The molecule has 0 heterocycles. The monoisotopic (exact) mass is 309 g/mol. The number of benzene rings is 1. The third kappa shape index (κ3) is 4.76. The molecule has 102 valence electrons. The van der Waals surface area contributed by atoms with Crippen molar-refractivity contribution in [3.8, 4) is 0 Å². The van der Waals surface area contributed by atoms with Gasteiger partial charge in [0.2, 0.25) is 10.0 Å². The second kappa shape index (κ2) is 6.24. The molecule has 0 fully saturated rings. The zero-order valence-corrected chi connectivity index (χ0v) is 12.9. The Labute approximate surface area is 119 Å². The molecule has 0 amide bonds. The lowest BCUT2D eigenvalue weighted by atomic mass is 10.1. The first-order chi connectivity index (χ1) is 8.21. The van der Waals surface area contributed by atoms with Crippen LogP contribution in [0.1, 0.15) is 26.3 Å². The molecule has 1 atom stereocenters. The van der Waals surface area contributed by atoms with Crippen molar-refractivity contribution >= 4 is 33.2 Å². The van der Waals surface area contributed by atoms with Crippen molar-refractivity contribution < 1.29 is 8.42 Å². The van der Waals surface area contributed by atoms with E-state index in [9.17, 15) is 8.42 Å². The van der Waals surface area contributed by atoms with Gasteiger partial charge < -0.3 is 0 Å². The third-order valence-corrected chi connectivity index (χ3v) is 4.89. The molecule has 1 unspecified atom stereocenters. The number of sulfonamides is 1. The van der Waals surface area contributed by atoms with E-state index in [-0.39, 0.29) is 17.7 Å². The van der Waals surface area contributed by atoms with E-state index in [1.165, 1.54) is 0 Å². The number of nitrogens with one attached hydrogen (secondary N) is 1. The largest absolute Gasteiger partial charge is 0.216 e. The second-order valence-electron chi connectivity index (χ2n) is 4.66. The van der Waals surface area contributed by atoms with Crippen LogP contribution in [0, 0.1) is 5.92 Å². The molecule has 0 bridgehead atoms. The molecule has 1 N–H and O–H groups in total. The first-order valence-corrected chi connectivity index (χ1v) is 8.06. The highest BCUT2D eigenvalue weighted by Gasteiger charge is 2.17. The van der Waals surface area contributed by atoms with Crippen molar-refractivity contribution in [3.63, 3.8) is 0 Å². The van der Waals surface area contributed by atoms with E-state index in [2.05, 4.69) is 4.72 Å². The summed E-state index contributed by atoms with van der Waals surface area (Å²) in [6.07, 6.45) is 0. The van der Waals surface area contributed by atoms with Crippen LogP contribution in [0.4, 0.5) is 0 Å². The quantitative estimate of drug-likeness (QED) is 0.905. The zero-order chi connectivity index (χ0) is 13.9. The molecule has 1 rings (SSSR count). The lowest BCUT2D eigenvalue weighted by molar-refractivity contribution is 0.476. The standard InChI is InChI=1S/C12H17Cl2NO2S/c1-8(2)9(3)15-18(16,17)7-10-4-5-11(13)12(14)6-10/h4-6,8-9,15H,7H2,1-3H3. The molecule has 1 aromatic carbocycles. The fraction of sp³-hybridized carbons (Fsp3) is 0.500. The SMILES string of the molecule is CC(C)C(C)NS(=O)(=O)Cc1ccc(Cl)c(Cl)c1. The predicted octanol–water partition coefficient (Wildman–Crippen LogP) is 3.46. The molecule has 0 saturated carbocycles. The average Bonchev–Trinajstić information content (AvgIpc) is 2.22. The molecule has 0 aliphatic rings. The minimum Gasteiger partial charge on any atom is -0.212 e. The normalized spacial score (nSPS) is 13.9. The molecule has 0 aromatic heterocycles. The molecule has 0 aliphatic carbocycles. The molecule has 6 heteroatoms. The minimum absolute atomic E-state index is 0.0963. The highest BCUT2D eigenvalue weighted by molar-refractivity contribution is 7.88. The van der Waals surface area contributed by atoms with Crippen molar-refractivity contribution in [1.29, 1.82) is 0 Å². The molecule has 0 spiro atoms. The summed E-state index contributed by atoms with van der Waals surface area (Å²) in [5.41, 5.74) is 0.618. The van der Waals surface area contributed by atoms with Gasteiger partial charge in [-0.2, -0.15) is 0 Å². The van der Waals surface area contributed by atoms with Crippen molar-refractivity contribution in [2.24, 2.45) is 5.92 Å². The van der Waals surface area contributed by atoms with Crippen LogP contribution >= 0.6 is 23.2 Å². The Bertz CT molecular complexity index is 515. The van der Waals surface area contributed by atoms with Crippen molar-refractivity contribution in [3.05, 3.63) is 33.8 Å². The topological polar surface area (TPSA) is 46.2 Å². The van der Waals surface area contributed by atoms with Crippen LogP contribution in [0.3, 0.4) is 0 Å². The maximum Gasteiger partial charge on any atom is 0.216 e. The summed E-state index contributed by atoms with van der Waals surface area (Å²) in [6.45, 7) is 5.77. The van der Waals surface area contributed by atoms with Crippen LogP contribution in [-0.4, -0.2) is 14.5 Å². The van der Waals surface area contributed by atoms with Crippen LogP contribution in [0.2, 0.25) is 10.0 Å². The van der Waals surface area contributed by atoms with Gasteiger partial charge in [0.05, 0.1) is 15.8 Å². The Morgan fingerprint density at radius 3 is 2.28 bits per heavy atom. The van der Waals surface area contributed by atoms with E-state index < -0.39 is 10.0 Å². The fourth-order valence-electron chi connectivity index (χ4n) is 1.31. The average molecular weight is 310 g/mol. The van der Waals surface area contributed by atoms with E-state index in [1.807, 2.05) is 20.8 Å². The summed E-state index contributed by atoms with van der Waals surface area (Å²) < 4.78 is 26.5. The van der Waals surface area contributed by atoms with Gasteiger partial charge in [-0.1, -0.05) is 43.1 Å². The predicted molar refractivity (Wildman–Crippen MR) is 76.5 cm³/mol. The van der Waals surface area contributed by atoms with Gasteiger partial charge in [-0.25, -0.2) is 13.1 Å². The van der Waals surface area contributed by atoms with Gasteiger partial charge in [0, 0.05) is 6.04 Å². The Morgan fingerprint density at radius 2 is 1.78 bits per heavy atom. The van der Waals surface area contributed by atoms with Crippen LogP contribution in [0.15, 0.2) is 18.2 Å². The molecule has 18 heavy (non-hydrogen) atoms. The van der Waals surface area contributed by atoms with Gasteiger partial charge in [0.15, 0.2) is 0 Å². The Balaban J connectivity index is 2.79. The van der Waals surface area contributed by atoms with Crippen LogP contribution < -0.4 is 4.72 Å². The van der Waals surface area contributed by atoms with Gasteiger partial charge in [-0.3, -0.25) is 0 Å². The third-order valence-electron chi connectivity index (χ3n) is 2.71. The smallest absolute Gasteiger partial charge is 0.212 e. The maximum absolute atomic E-state index is 11.9. The van der Waals surface area contributed by atoms with E-state index in [1.54, 1.807) is 18.2 Å². The van der Waals surface area contributed by atoms with Gasteiger partial charge in [-0.15, -0.1) is 0 Å². The van der Waals surface area contributed by atoms with Gasteiger partial charge in [0.1, 0.15) is 0 Å². The first-order valence-electron chi connectivity index (χ1n) is 5.65. The first kappa shape index (κ1) is 15.8. The van der Waals surface area contributed by atoms with Crippen LogP contribution in [-0.2, 0) is 15.8 Å². The lowest BCUT2D eigenvalue weighted by Gasteiger charge is -2.17. The molecule has 0 radical (unpaired) electrons. The van der Waals surface area contributed by atoms with Gasteiger partial charge >= 0.3 is 0 Å². The zero-order valence-electron chi connectivity index (χ0n) is 10.6. The summed E-state index contributed by atoms with van der Waals surface area (Å²) in [6, 6.07) is 4.73. The number of hydrogen-bond acceptors (Lipinski definition) is 2. The Kier molecular flexibility index (Phi) is 5.46. The lowest BCUT2D eigenvalue weighted by Crippen LogP contribution is -2.36. The Morgan fingerprint density at radius 1 is 1.17 bits per heavy atom. The maximum atomic E-state index is 11.9. The molecule has 3 nitrogen and oxygen atoms in total. The van der Waals surface area contributed by atoms with Crippen LogP contribution in [0.5, 0.6) is 0 Å². The van der Waals surface area contributed by atoms with Crippen molar-refractivity contribution in [2.75, 3.05) is 0 Å². The van der Waals surface area contributed by atoms with E-state index >= 15 is 0 Å². The van der Waals surface area contributed by atoms with E-state index in [0.717, 1.165) is 0 Å². The van der Waals surface area contributed by atoms with E-state index in [0.29, 0.717) is 15.6 Å². The summed E-state index contributed by atoms with van der Waals surface area (Å²) in [5.74, 6) is 0.148. The second-order valence-corrected chi connectivity index (χ2v) is 7.23. The fourth-order valence-corrected chi connectivity index (χ4v) is 3.17. The summed E-state index contributed by atoms with van der Waals surface area (Å²) >= 11 is 11.6. The molecule has 1 aromatic rings. The molecule has 0 aliphatic heterocycles. The highest BCUT2D eigenvalue weighted by Crippen LogP contribution is 2.23. The van der Waals surface area contributed by atoms with Crippen LogP contribution in [0.25, 0.3) is 0 Å². The van der Waals surface area contributed by atoms with E-state index in [4.69, 9.17) is 23.2 Å². The summed E-state index contributed by atoms with van der Waals surface area (Å²) in [5, 5.41) is 0.780. The molecule has 0 saturated heterocycles. The number of hydrogen-bond donors (Lipinski definition) is 1. The highest BCUT2D eigenvalue weighted by atomic mass is 35.5. The van der Waals surface area contributed by atoms with Crippen molar-refractivity contribution in [2.45, 2.75) is 32.6 Å².